The molecule has 0 aromatic heterocycles. The van der Waals surface area contributed by atoms with Crippen LogP contribution in [0.1, 0.15) is 111 Å². The summed E-state index contributed by atoms with van der Waals surface area (Å²) in [4.78, 5) is 191. The molecule has 0 fully saturated rings. The third-order valence-electron chi connectivity index (χ3n) is 19.9. The van der Waals surface area contributed by atoms with Crippen molar-refractivity contribution in [1.82, 2.24) is 0 Å². The van der Waals surface area contributed by atoms with Crippen LogP contribution in [-0.4, -0.2) is 363 Å². The lowest BCUT2D eigenvalue weighted by atomic mass is 9.89. The fourth-order valence-electron chi connectivity index (χ4n) is 8.09. The summed E-state index contributed by atoms with van der Waals surface area (Å²) in [5.74, 6) is -18.9. The van der Waals surface area contributed by atoms with Gasteiger partial charge in [0, 0.05) is 5.41 Å². The number of hydrogen-bond donors (Lipinski definition) is 16. The van der Waals surface area contributed by atoms with Crippen molar-refractivity contribution in [3.8, 4) is 0 Å². The Bertz CT molecular complexity index is 3330. The van der Waals surface area contributed by atoms with Gasteiger partial charge >= 0.3 is 83.6 Å². The zero-order valence-corrected chi connectivity index (χ0v) is 70.3. The molecule has 0 radical (unpaired) electrons. The summed E-state index contributed by atoms with van der Waals surface area (Å²) in [6.07, 6.45) is 0. The molecule has 0 bridgehead atoms. The van der Waals surface area contributed by atoms with Gasteiger partial charge in [0.15, 0.2) is 0 Å². The second-order valence-electron chi connectivity index (χ2n) is 34.6. The minimum atomic E-state index is -2.43. The lowest BCUT2D eigenvalue weighted by Gasteiger charge is -2.34. The number of esters is 14. The van der Waals surface area contributed by atoms with Crippen molar-refractivity contribution in [2.75, 3.05) is 198 Å². The van der Waals surface area contributed by atoms with Gasteiger partial charge in [0.05, 0.1) is 119 Å². The Labute approximate surface area is 686 Å². The number of hydrogen-bond acceptors (Lipinski definition) is 44. The lowest BCUT2D eigenvalue weighted by molar-refractivity contribution is -0.189. The Morgan fingerprint density at radius 3 is 0.311 bits per heavy atom. The van der Waals surface area contributed by atoms with Gasteiger partial charge in [0.2, 0.25) is 0 Å². The molecular formula is C75H124O44. The van der Waals surface area contributed by atoms with E-state index in [0.717, 1.165) is 96.9 Å². The molecule has 0 spiro atoms. The summed E-state index contributed by atoms with van der Waals surface area (Å²) < 4.78 is 75.3. The van der Waals surface area contributed by atoms with E-state index in [2.05, 4.69) is 0 Å². The highest BCUT2D eigenvalue weighted by Crippen LogP contribution is 2.35. The first-order valence-corrected chi connectivity index (χ1v) is 36.9. The molecule has 0 aromatic rings. The summed E-state index contributed by atoms with van der Waals surface area (Å²) in [5.41, 5.74) is -31.5. The highest BCUT2D eigenvalue weighted by Gasteiger charge is 2.52. The third kappa shape index (κ3) is 29.6. The van der Waals surface area contributed by atoms with Crippen LogP contribution in [-0.2, 0) is 133 Å². The summed E-state index contributed by atoms with van der Waals surface area (Å²) in [7, 11) is 0. The van der Waals surface area contributed by atoms with E-state index in [1.54, 1.807) is 0 Å². The lowest BCUT2D eigenvalue weighted by Crippen LogP contribution is -2.48. The molecule has 44 heteroatoms. The molecule has 0 rings (SSSR count). The molecule has 0 amide bonds. The van der Waals surface area contributed by atoms with E-state index in [0.29, 0.717) is 0 Å². The van der Waals surface area contributed by atoms with Crippen molar-refractivity contribution in [3.63, 3.8) is 0 Å². The minimum Gasteiger partial charge on any atom is -0.464 e. The molecule has 6 unspecified atom stereocenters. The maximum Gasteiger partial charge on any atom is 0.318 e. The number of ether oxygens (including phenoxy) is 14. The van der Waals surface area contributed by atoms with Gasteiger partial charge in [-0.1, -0.05) is 13.8 Å². The van der Waals surface area contributed by atoms with Crippen LogP contribution in [0.2, 0.25) is 0 Å². The van der Waals surface area contributed by atoms with Gasteiger partial charge in [0.25, 0.3) is 0 Å². The van der Waals surface area contributed by atoms with Gasteiger partial charge in [-0.05, 0) is 96.9 Å². The van der Waals surface area contributed by atoms with Crippen molar-refractivity contribution in [3.05, 3.63) is 0 Å². The monoisotopic (exact) mass is 1730 g/mol. The molecule has 16 N–H and O–H groups in total. The summed E-state index contributed by atoms with van der Waals surface area (Å²) in [6.45, 7) is -13.5. The number of aliphatic hydroxyl groups excluding tert-OH is 16. The molecule has 0 aromatic carbocycles. The highest BCUT2D eigenvalue weighted by molar-refractivity contribution is 5.86. The van der Waals surface area contributed by atoms with Crippen LogP contribution in [0.25, 0.3) is 0 Å². The Morgan fingerprint density at radius 2 is 0.210 bits per heavy atom. The largest absolute Gasteiger partial charge is 0.464 e. The average molecular weight is 1730 g/mol. The second kappa shape index (κ2) is 46.3. The van der Waals surface area contributed by atoms with Crippen LogP contribution in [0, 0.1) is 81.2 Å². The van der Waals surface area contributed by atoms with E-state index in [-0.39, 0.29) is 0 Å². The van der Waals surface area contributed by atoms with Gasteiger partial charge in [-0.3, -0.25) is 67.1 Å². The molecule has 0 aliphatic rings. The quantitative estimate of drug-likeness (QED) is 0.0199. The fraction of sp³-hybridized carbons (Fsp3) is 0.813. The van der Waals surface area contributed by atoms with Gasteiger partial charge < -0.3 is 148 Å². The minimum absolute atomic E-state index is 0.757. The molecule has 0 saturated heterocycles. The Balaban J connectivity index is 7.46. The van der Waals surface area contributed by atoms with Crippen LogP contribution in [0.4, 0.5) is 0 Å². The van der Waals surface area contributed by atoms with Crippen LogP contribution < -0.4 is 0 Å². The predicted octanol–water partition coefficient (Wildman–Crippen LogP) is -6.42. The first kappa shape index (κ1) is 111. The Morgan fingerprint density at radius 1 is 0.134 bits per heavy atom. The predicted molar refractivity (Wildman–Crippen MR) is 394 cm³/mol. The van der Waals surface area contributed by atoms with E-state index >= 15 is 0 Å². The van der Waals surface area contributed by atoms with Crippen molar-refractivity contribution in [1.29, 1.82) is 0 Å². The molecule has 119 heavy (non-hydrogen) atoms. The molecule has 0 aliphatic carbocycles. The van der Waals surface area contributed by atoms with Crippen LogP contribution in [0.3, 0.4) is 0 Å². The molecule has 44 nitrogen and oxygen atoms in total. The van der Waals surface area contributed by atoms with E-state index in [9.17, 15) is 149 Å². The molecule has 6 atom stereocenters. The molecule has 0 saturated carbocycles. The standard InChI is InChI=1S/C75H124O44/c1-61(2,33-106-53(98)68(9,29-88)37-110-59(104)75(16,43-116-52(97)67(8,27-86)28-87)45-118-56(101)71(12,32-91)38-111-58(103)73(14,39-112-48(93)63(4,19-78)20-79)40-113-49(94)64(5,21-80)22-81)34-107-57(102)72(13,44-117-55(100)70(11,31-90)36-109-54(99)69(10,30-89)35-108-47(92)62(3,17-76)18-77)46-119-60(105)74(15,41-114-50(95)65(6,23-82)24-83)42-115-51(96)66(7,25-84)26-85/h76-91H,17-46H2,1-16H3. The zero-order chi connectivity index (χ0) is 92.7. The maximum atomic E-state index is 14.6. The summed E-state index contributed by atoms with van der Waals surface area (Å²) in [6, 6.07) is 0. The van der Waals surface area contributed by atoms with Crippen molar-refractivity contribution >= 4 is 83.6 Å². The average Bonchev–Trinajstić information content (AvgIpc) is 0.815. The van der Waals surface area contributed by atoms with Crippen LogP contribution in [0.5, 0.6) is 0 Å². The topological polar surface area (TPSA) is 692 Å². The normalized spacial score (nSPS) is 15.6. The smallest absolute Gasteiger partial charge is 0.318 e. The fourth-order valence-corrected chi connectivity index (χ4v) is 8.09. The van der Waals surface area contributed by atoms with E-state index in [1.807, 2.05) is 0 Å². The Hall–Kier alpha value is -8.06. The van der Waals surface area contributed by atoms with E-state index in [1.165, 1.54) is 13.8 Å². The van der Waals surface area contributed by atoms with E-state index < -0.39 is 363 Å². The number of rotatable bonds is 58. The van der Waals surface area contributed by atoms with Crippen LogP contribution in [0.15, 0.2) is 0 Å². The zero-order valence-electron chi connectivity index (χ0n) is 70.3. The summed E-state index contributed by atoms with van der Waals surface area (Å²) >= 11 is 0. The van der Waals surface area contributed by atoms with Gasteiger partial charge in [-0.2, -0.15) is 0 Å². The second-order valence-corrected chi connectivity index (χ2v) is 34.6. The molecule has 688 valence electrons. The first-order valence-electron chi connectivity index (χ1n) is 36.9. The number of aliphatic hydroxyl groups is 16. The van der Waals surface area contributed by atoms with Crippen molar-refractivity contribution in [2.24, 2.45) is 81.2 Å². The molecular weight excluding hydrogens is 1600 g/mol. The van der Waals surface area contributed by atoms with Gasteiger partial charge in [-0.15, -0.1) is 0 Å². The van der Waals surface area contributed by atoms with Crippen LogP contribution >= 0.6 is 0 Å². The van der Waals surface area contributed by atoms with E-state index in [4.69, 9.17) is 66.3 Å². The molecule has 0 aliphatic heterocycles. The number of carbonyl (C=O) groups excluding carboxylic acids is 14. The van der Waals surface area contributed by atoms with Gasteiger partial charge in [-0.25, -0.2) is 0 Å². The van der Waals surface area contributed by atoms with Gasteiger partial charge in [0.1, 0.15) is 155 Å². The highest BCUT2D eigenvalue weighted by atomic mass is 16.6. The first-order chi connectivity index (χ1) is 54.8. The van der Waals surface area contributed by atoms with Crippen molar-refractivity contribution in [2.45, 2.75) is 111 Å². The Kier molecular flexibility index (Phi) is 43.1. The number of carbonyl (C=O) groups is 14. The SMILES string of the molecule is CC(C)(COC(=O)C(C)(CO)COC(=O)C(C)(COC(=O)C(C)(CO)CO)COC(=O)C(C)(CO)COC(=O)C(C)(COC(=O)C(C)(CO)CO)COC(=O)C(C)(CO)CO)COC(=O)C(C)(COC(=O)C(C)(CO)COC(=O)C(C)(CO)COC(=O)C(C)(CO)CO)COC(=O)C(C)(COC(=O)C(C)(CO)CO)COC(=O)C(C)(CO)CO. The molecule has 0 heterocycles. The third-order valence-corrected chi connectivity index (χ3v) is 19.9. The summed E-state index contributed by atoms with van der Waals surface area (Å²) in [5, 5.41) is 160. The van der Waals surface area contributed by atoms with Crippen molar-refractivity contribution < 1.29 is 215 Å². The maximum absolute atomic E-state index is 14.6.